The highest BCUT2D eigenvalue weighted by molar-refractivity contribution is 6.34. The van der Waals surface area contributed by atoms with E-state index in [4.69, 9.17) is 4.42 Å². The van der Waals surface area contributed by atoms with Gasteiger partial charge in [0.2, 0.25) is 0 Å². The summed E-state index contributed by atoms with van der Waals surface area (Å²) in [5, 5.41) is 28.4. The number of aromatic carboxylic acids is 2. The number of anilines is 2. The molecule has 12 heteroatoms. The Morgan fingerprint density at radius 1 is 1.09 bits per heavy atom. The molecule has 2 aromatic rings. The predicted molar refractivity (Wildman–Crippen MR) is 123 cm³/mol. The van der Waals surface area contributed by atoms with E-state index in [1.807, 2.05) is 18.7 Å². The molecule has 0 saturated heterocycles. The van der Waals surface area contributed by atoms with Crippen LogP contribution in [0.5, 0.6) is 0 Å². The number of carboxylic acid groups (broad SMARTS) is 2. The van der Waals surface area contributed by atoms with Crippen molar-refractivity contribution >= 4 is 47.4 Å². The van der Waals surface area contributed by atoms with E-state index in [-0.39, 0.29) is 28.2 Å². The summed E-state index contributed by atoms with van der Waals surface area (Å²) in [7, 11) is 1.38. The summed E-state index contributed by atoms with van der Waals surface area (Å²) in [5.74, 6) is -2.67. The number of amidine groups is 1. The van der Waals surface area contributed by atoms with Crippen LogP contribution in [0.4, 0.5) is 16.4 Å². The van der Waals surface area contributed by atoms with Gasteiger partial charge in [0.15, 0.2) is 11.7 Å². The van der Waals surface area contributed by atoms with E-state index in [1.165, 1.54) is 13.1 Å². The normalized spacial score (nSPS) is 14.2. The van der Waals surface area contributed by atoms with Gasteiger partial charge in [0, 0.05) is 26.2 Å². The molecule has 3 amide bonds. The average Bonchev–Trinajstić information content (AvgIpc) is 3.39. The van der Waals surface area contributed by atoms with Crippen molar-refractivity contribution in [2.24, 2.45) is 5.10 Å². The molecule has 0 aliphatic carbocycles. The van der Waals surface area contributed by atoms with Crippen LogP contribution in [0.2, 0.25) is 0 Å². The highest BCUT2D eigenvalue weighted by Gasteiger charge is 2.33. The minimum Gasteiger partial charge on any atom is -0.478 e. The maximum atomic E-state index is 13.2. The molecule has 0 fully saturated rings. The van der Waals surface area contributed by atoms with Gasteiger partial charge in [-0.15, -0.1) is 5.10 Å². The number of urea groups is 1. The van der Waals surface area contributed by atoms with E-state index < -0.39 is 23.9 Å². The minimum atomic E-state index is -1.38. The van der Waals surface area contributed by atoms with Crippen LogP contribution >= 0.6 is 0 Å². The molecule has 1 aliphatic rings. The third kappa shape index (κ3) is 4.90. The Hall–Kier alpha value is -4.61. The number of nitrogens with one attached hydrogen (secondary N) is 2. The Kier molecular flexibility index (Phi) is 7.00. The van der Waals surface area contributed by atoms with Gasteiger partial charge >= 0.3 is 18.0 Å². The lowest BCUT2D eigenvalue weighted by Crippen LogP contribution is -2.37. The van der Waals surface area contributed by atoms with E-state index in [2.05, 4.69) is 15.7 Å². The van der Waals surface area contributed by atoms with Crippen molar-refractivity contribution in [2.45, 2.75) is 13.8 Å². The smallest absolute Gasteiger partial charge is 0.335 e. The SMILES string of the molecule is CCN(CC)c1ccc(C=C2C(=O)N(c3cc(C(=O)O)cc(C(=O)O)c3)N=C2NC(=O)NC)o1. The van der Waals surface area contributed by atoms with Gasteiger partial charge in [-0.05, 0) is 44.2 Å². The number of carboxylic acids is 2. The van der Waals surface area contributed by atoms with Crippen molar-refractivity contribution in [2.75, 3.05) is 30.0 Å². The Morgan fingerprint density at radius 2 is 1.71 bits per heavy atom. The fourth-order valence-electron chi connectivity index (χ4n) is 3.23. The van der Waals surface area contributed by atoms with Gasteiger partial charge in [-0.25, -0.2) is 14.4 Å². The van der Waals surface area contributed by atoms with Crippen molar-refractivity contribution in [1.29, 1.82) is 0 Å². The van der Waals surface area contributed by atoms with Crippen LogP contribution in [0.3, 0.4) is 0 Å². The van der Waals surface area contributed by atoms with E-state index in [9.17, 15) is 29.4 Å². The average molecular weight is 469 g/mol. The van der Waals surface area contributed by atoms with Crippen molar-refractivity contribution in [3.05, 3.63) is 52.8 Å². The predicted octanol–water partition coefficient (Wildman–Crippen LogP) is 2.19. The molecule has 34 heavy (non-hydrogen) atoms. The van der Waals surface area contributed by atoms with Gasteiger partial charge in [-0.3, -0.25) is 10.1 Å². The lowest BCUT2D eigenvalue weighted by molar-refractivity contribution is -0.114. The lowest BCUT2D eigenvalue weighted by atomic mass is 10.1. The van der Waals surface area contributed by atoms with Gasteiger partial charge in [0.1, 0.15) is 5.76 Å². The van der Waals surface area contributed by atoms with Gasteiger partial charge < -0.3 is 24.8 Å². The molecule has 1 aliphatic heterocycles. The minimum absolute atomic E-state index is 0.0401. The van der Waals surface area contributed by atoms with Crippen molar-refractivity contribution in [3.63, 3.8) is 0 Å². The molecule has 2 heterocycles. The Labute approximate surface area is 194 Å². The summed E-state index contributed by atoms with van der Waals surface area (Å²) in [5.41, 5.74) is -0.816. The fraction of sp³-hybridized carbons (Fsp3) is 0.227. The first-order valence-corrected chi connectivity index (χ1v) is 10.3. The fourth-order valence-corrected chi connectivity index (χ4v) is 3.23. The van der Waals surface area contributed by atoms with Gasteiger partial charge in [-0.2, -0.15) is 5.01 Å². The third-order valence-corrected chi connectivity index (χ3v) is 4.97. The molecular weight excluding hydrogens is 446 g/mol. The molecular formula is C22H23N5O7. The number of carbonyl (C=O) groups is 4. The molecule has 178 valence electrons. The number of hydrogen-bond acceptors (Lipinski definition) is 7. The summed E-state index contributed by atoms with van der Waals surface area (Å²) >= 11 is 0. The molecule has 0 saturated carbocycles. The van der Waals surface area contributed by atoms with E-state index in [0.717, 1.165) is 23.2 Å². The molecule has 0 spiro atoms. The second-order valence-corrected chi connectivity index (χ2v) is 7.05. The van der Waals surface area contributed by atoms with Crippen LogP contribution in [0.15, 0.2) is 45.4 Å². The highest BCUT2D eigenvalue weighted by Crippen LogP contribution is 2.28. The second kappa shape index (κ2) is 9.90. The molecule has 1 aromatic heterocycles. The van der Waals surface area contributed by atoms with Crippen molar-refractivity contribution in [3.8, 4) is 0 Å². The van der Waals surface area contributed by atoms with Crippen LogP contribution in [-0.2, 0) is 4.79 Å². The molecule has 0 radical (unpaired) electrons. The largest absolute Gasteiger partial charge is 0.478 e. The van der Waals surface area contributed by atoms with Crippen molar-refractivity contribution in [1.82, 2.24) is 10.6 Å². The summed E-state index contributed by atoms with van der Waals surface area (Å²) in [6, 6.07) is 5.95. The maximum absolute atomic E-state index is 13.2. The van der Waals surface area contributed by atoms with E-state index >= 15 is 0 Å². The van der Waals surface area contributed by atoms with E-state index in [0.29, 0.717) is 24.7 Å². The van der Waals surface area contributed by atoms with E-state index in [1.54, 1.807) is 12.1 Å². The number of carbonyl (C=O) groups excluding carboxylic acids is 2. The Morgan fingerprint density at radius 3 is 2.24 bits per heavy atom. The van der Waals surface area contributed by atoms with Crippen LogP contribution in [0.25, 0.3) is 6.08 Å². The lowest BCUT2D eigenvalue weighted by Gasteiger charge is -2.16. The zero-order valence-electron chi connectivity index (χ0n) is 18.7. The highest BCUT2D eigenvalue weighted by atomic mass is 16.4. The standard InChI is InChI=1S/C22H23N5O7/c1-4-26(5-2)17-7-6-15(34-17)11-16-18(24-22(33)23-3)25-27(19(16)28)14-9-12(20(29)30)8-13(10-14)21(31)32/h6-11H,4-5H2,1-3H3,(H,29,30)(H,31,32)(H2,23,24,25,33). The first-order chi connectivity index (χ1) is 16.2. The first-order valence-electron chi connectivity index (χ1n) is 10.3. The van der Waals surface area contributed by atoms with Gasteiger partial charge in [-0.1, -0.05) is 0 Å². The Balaban J connectivity index is 2.07. The summed E-state index contributed by atoms with van der Waals surface area (Å²) in [6.07, 6.45) is 1.39. The number of rotatable bonds is 7. The number of amides is 3. The monoisotopic (exact) mass is 469 g/mol. The maximum Gasteiger partial charge on any atom is 0.335 e. The summed E-state index contributed by atoms with van der Waals surface area (Å²) in [4.78, 5) is 50.0. The zero-order chi connectivity index (χ0) is 25.0. The van der Waals surface area contributed by atoms with Crippen LogP contribution in [-0.4, -0.2) is 60.1 Å². The topological polar surface area (TPSA) is 165 Å². The molecule has 1 aromatic carbocycles. The molecule has 3 rings (SSSR count). The number of benzene rings is 1. The number of nitrogens with zero attached hydrogens (tertiary/aromatic N) is 3. The third-order valence-electron chi connectivity index (χ3n) is 4.97. The van der Waals surface area contributed by atoms with Crippen LogP contribution < -0.4 is 20.5 Å². The quantitative estimate of drug-likeness (QED) is 0.448. The molecule has 0 atom stereocenters. The van der Waals surface area contributed by atoms with Crippen LogP contribution in [0.1, 0.15) is 40.3 Å². The van der Waals surface area contributed by atoms with Gasteiger partial charge in [0.05, 0.1) is 22.4 Å². The number of furan rings is 1. The Bertz CT molecular complexity index is 1180. The molecule has 12 nitrogen and oxygen atoms in total. The zero-order valence-corrected chi connectivity index (χ0v) is 18.7. The summed E-state index contributed by atoms with van der Waals surface area (Å²) in [6.45, 7) is 5.36. The second-order valence-electron chi connectivity index (χ2n) is 7.05. The molecule has 0 bridgehead atoms. The van der Waals surface area contributed by atoms with Crippen molar-refractivity contribution < 1.29 is 33.8 Å². The van der Waals surface area contributed by atoms with Gasteiger partial charge in [0.25, 0.3) is 5.91 Å². The molecule has 4 N–H and O–H groups in total. The summed E-state index contributed by atoms with van der Waals surface area (Å²) < 4.78 is 5.80. The molecule has 0 unspecified atom stereocenters. The number of hydrogen-bond donors (Lipinski definition) is 4. The number of hydrazone groups is 1. The van der Waals surface area contributed by atoms with Crippen LogP contribution in [0, 0.1) is 0 Å². The first kappa shape index (κ1) is 24.0.